The lowest BCUT2D eigenvalue weighted by Gasteiger charge is -2.09. The van der Waals surface area contributed by atoms with Gasteiger partial charge in [-0.05, 0) is 30.7 Å². The molecule has 0 aliphatic carbocycles. The van der Waals surface area contributed by atoms with Crippen molar-refractivity contribution in [1.82, 2.24) is 5.32 Å². The molecule has 6 nitrogen and oxygen atoms in total. The van der Waals surface area contributed by atoms with E-state index in [1.165, 1.54) is 25.1 Å². The fraction of sp³-hybridized carbons (Fsp3) is 0.273. The lowest BCUT2D eigenvalue weighted by molar-refractivity contribution is -0.128. The Balaban J connectivity index is 2.80. The van der Waals surface area contributed by atoms with Gasteiger partial charge in [-0.1, -0.05) is 0 Å². The van der Waals surface area contributed by atoms with Crippen molar-refractivity contribution in [2.24, 2.45) is 0 Å². The zero-order valence-electron chi connectivity index (χ0n) is 9.30. The summed E-state index contributed by atoms with van der Waals surface area (Å²) >= 11 is 0. The minimum atomic E-state index is -1.11. The molecule has 1 amide bonds. The molecule has 92 valence electrons. The molecule has 0 bridgehead atoms. The molecule has 0 heterocycles. The van der Waals surface area contributed by atoms with E-state index in [9.17, 15) is 9.59 Å². The predicted molar refractivity (Wildman–Crippen MR) is 61.3 cm³/mol. The number of carbonyl (C=O) groups excluding carboxylic acids is 1. The predicted octanol–water partition coefficient (Wildman–Crippen LogP) is -0.0360. The largest absolute Gasteiger partial charge is 0.478 e. The number of nitrogens with two attached hydrogens (primary N) is 1. The highest BCUT2D eigenvalue weighted by molar-refractivity contribution is 5.88. The summed E-state index contributed by atoms with van der Waals surface area (Å²) in [5.74, 6) is -1.60. The smallest absolute Gasteiger partial charge is 0.335 e. The van der Waals surface area contributed by atoms with E-state index in [4.69, 9.17) is 15.9 Å². The third-order valence-corrected chi connectivity index (χ3v) is 2.22. The van der Waals surface area contributed by atoms with Crippen LogP contribution in [0.5, 0.6) is 0 Å². The van der Waals surface area contributed by atoms with Crippen molar-refractivity contribution in [3.8, 4) is 0 Å². The van der Waals surface area contributed by atoms with E-state index in [0.717, 1.165) is 0 Å². The van der Waals surface area contributed by atoms with Crippen molar-refractivity contribution in [3.63, 3.8) is 0 Å². The first-order valence-electron chi connectivity index (χ1n) is 4.99. The maximum absolute atomic E-state index is 11.1. The van der Waals surface area contributed by atoms with E-state index in [2.05, 4.69) is 5.32 Å². The molecule has 0 aliphatic heterocycles. The summed E-state index contributed by atoms with van der Waals surface area (Å²) in [7, 11) is 0. The van der Waals surface area contributed by atoms with Crippen LogP contribution in [0.1, 0.15) is 22.8 Å². The molecule has 17 heavy (non-hydrogen) atoms. The van der Waals surface area contributed by atoms with Gasteiger partial charge < -0.3 is 21.3 Å². The summed E-state index contributed by atoms with van der Waals surface area (Å²) < 4.78 is 0. The Morgan fingerprint density at radius 2 is 2.12 bits per heavy atom. The Labute approximate surface area is 98.1 Å². The normalized spacial score (nSPS) is 11.9. The number of benzene rings is 1. The Hall–Kier alpha value is -2.08. The molecule has 0 spiro atoms. The quantitative estimate of drug-likeness (QED) is 0.550. The summed E-state index contributed by atoms with van der Waals surface area (Å²) in [6.07, 6.45) is -1.11. The van der Waals surface area contributed by atoms with Gasteiger partial charge in [0.1, 0.15) is 6.10 Å². The number of aliphatic hydroxyl groups is 1. The number of aliphatic hydroxyl groups excluding tert-OH is 1. The topological polar surface area (TPSA) is 113 Å². The minimum absolute atomic E-state index is 0.0800. The molecular formula is C11H14N2O4. The van der Waals surface area contributed by atoms with Crippen LogP contribution >= 0.6 is 0 Å². The number of amides is 1. The number of anilines is 1. The van der Waals surface area contributed by atoms with E-state index in [-0.39, 0.29) is 12.1 Å². The maximum Gasteiger partial charge on any atom is 0.335 e. The van der Waals surface area contributed by atoms with Crippen molar-refractivity contribution in [2.75, 3.05) is 5.73 Å². The molecule has 1 unspecified atom stereocenters. The van der Waals surface area contributed by atoms with Crippen LogP contribution in [0.4, 0.5) is 5.69 Å². The lowest BCUT2D eigenvalue weighted by atomic mass is 10.1. The maximum atomic E-state index is 11.1. The van der Waals surface area contributed by atoms with Crippen LogP contribution in [-0.4, -0.2) is 28.2 Å². The molecular weight excluding hydrogens is 224 g/mol. The summed E-state index contributed by atoms with van der Waals surface area (Å²) in [6.45, 7) is 1.42. The van der Waals surface area contributed by atoms with E-state index >= 15 is 0 Å². The van der Waals surface area contributed by atoms with Crippen LogP contribution < -0.4 is 11.1 Å². The highest BCUT2D eigenvalue weighted by Crippen LogP contribution is 2.14. The average molecular weight is 238 g/mol. The van der Waals surface area contributed by atoms with Crippen LogP contribution in [0.15, 0.2) is 18.2 Å². The van der Waals surface area contributed by atoms with Gasteiger partial charge in [-0.15, -0.1) is 0 Å². The third kappa shape index (κ3) is 3.46. The van der Waals surface area contributed by atoms with Crippen LogP contribution in [0.2, 0.25) is 0 Å². The molecule has 0 fully saturated rings. The standard InChI is InChI=1S/C11H14N2O4/c1-6(14)10(15)13-5-8-4-7(11(16)17)2-3-9(8)12/h2-4,6,14H,5,12H2,1H3,(H,13,15)(H,16,17). The van der Waals surface area contributed by atoms with Crippen LogP contribution in [0, 0.1) is 0 Å². The van der Waals surface area contributed by atoms with E-state index in [0.29, 0.717) is 11.3 Å². The number of rotatable bonds is 4. The summed E-state index contributed by atoms with van der Waals surface area (Å²) in [5, 5.41) is 20.2. The van der Waals surface area contributed by atoms with Crippen LogP contribution in [0.25, 0.3) is 0 Å². The highest BCUT2D eigenvalue weighted by Gasteiger charge is 2.10. The van der Waals surface area contributed by atoms with Gasteiger partial charge in [0.25, 0.3) is 0 Å². The molecule has 1 aromatic carbocycles. The third-order valence-electron chi connectivity index (χ3n) is 2.22. The van der Waals surface area contributed by atoms with Gasteiger partial charge in [0.15, 0.2) is 0 Å². The second-order valence-corrected chi connectivity index (χ2v) is 3.61. The number of nitrogen functional groups attached to an aromatic ring is 1. The Bertz CT molecular complexity index is 443. The van der Waals surface area contributed by atoms with Crippen LogP contribution in [0.3, 0.4) is 0 Å². The van der Waals surface area contributed by atoms with E-state index < -0.39 is 18.0 Å². The van der Waals surface area contributed by atoms with Crippen molar-refractivity contribution >= 4 is 17.6 Å². The van der Waals surface area contributed by atoms with Gasteiger partial charge in [-0.3, -0.25) is 4.79 Å². The fourth-order valence-corrected chi connectivity index (χ4v) is 1.22. The zero-order chi connectivity index (χ0) is 13.0. The molecule has 0 aromatic heterocycles. The van der Waals surface area contributed by atoms with Gasteiger partial charge in [0, 0.05) is 12.2 Å². The van der Waals surface area contributed by atoms with Crippen LogP contribution in [-0.2, 0) is 11.3 Å². The second-order valence-electron chi connectivity index (χ2n) is 3.61. The molecule has 0 saturated carbocycles. The zero-order valence-corrected chi connectivity index (χ0v) is 9.30. The molecule has 0 radical (unpaired) electrons. The number of nitrogens with one attached hydrogen (secondary N) is 1. The number of carbonyl (C=O) groups is 2. The monoisotopic (exact) mass is 238 g/mol. The van der Waals surface area contributed by atoms with Gasteiger partial charge in [-0.2, -0.15) is 0 Å². The number of aromatic carboxylic acids is 1. The minimum Gasteiger partial charge on any atom is -0.478 e. The molecule has 5 N–H and O–H groups in total. The molecule has 1 aromatic rings. The van der Waals surface area contributed by atoms with Gasteiger partial charge in [0.2, 0.25) is 5.91 Å². The second kappa shape index (κ2) is 5.31. The van der Waals surface area contributed by atoms with E-state index in [1.54, 1.807) is 0 Å². The number of hydrogen-bond acceptors (Lipinski definition) is 4. The first kappa shape index (κ1) is 13.0. The fourth-order valence-electron chi connectivity index (χ4n) is 1.22. The lowest BCUT2D eigenvalue weighted by Crippen LogP contribution is -2.32. The molecule has 0 saturated heterocycles. The SMILES string of the molecule is CC(O)C(=O)NCc1cc(C(=O)O)ccc1N. The molecule has 1 atom stereocenters. The summed E-state index contributed by atoms with van der Waals surface area (Å²) in [4.78, 5) is 21.9. The first-order chi connectivity index (χ1) is 7.91. The highest BCUT2D eigenvalue weighted by atomic mass is 16.4. The van der Waals surface area contributed by atoms with Gasteiger partial charge >= 0.3 is 5.97 Å². The first-order valence-corrected chi connectivity index (χ1v) is 4.99. The van der Waals surface area contributed by atoms with Gasteiger partial charge in [0.05, 0.1) is 5.56 Å². The van der Waals surface area contributed by atoms with Crippen molar-refractivity contribution in [3.05, 3.63) is 29.3 Å². The number of hydrogen-bond donors (Lipinski definition) is 4. The molecule has 6 heteroatoms. The number of carboxylic acid groups (broad SMARTS) is 1. The summed E-state index contributed by atoms with van der Waals surface area (Å²) in [6, 6.07) is 4.24. The van der Waals surface area contributed by atoms with Gasteiger partial charge in [-0.25, -0.2) is 4.79 Å². The van der Waals surface area contributed by atoms with Crippen molar-refractivity contribution in [1.29, 1.82) is 0 Å². The Morgan fingerprint density at radius 3 is 2.65 bits per heavy atom. The average Bonchev–Trinajstić information content (AvgIpc) is 2.26. The van der Waals surface area contributed by atoms with Crippen molar-refractivity contribution < 1.29 is 19.8 Å². The molecule has 1 rings (SSSR count). The Kier molecular flexibility index (Phi) is 4.06. The number of carboxylic acids is 1. The summed E-state index contributed by atoms with van der Waals surface area (Å²) in [5.41, 5.74) is 6.63. The Morgan fingerprint density at radius 1 is 1.47 bits per heavy atom. The van der Waals surface area contributed by atoms with Crippen molar-refractivity contribution in [2.45, 2.75) is 19.6 Å². The van der Waals surface area contributed by atoms with E-state index in [1.807, 2.05) is 0 Å². The molecule has 0 aliphatic rings.